The Hall–Kier alpha value is -2.09. The Balaban J connectivity index is 1.38. The first kappa shape index (κ1) is 19.2. The molecule has 0 aliphatic carbocycles. The van der Waals surface area contributed by atoms with Crippen molar-refractivity contribution in [3.8, 4) is 0 Å². The van der Waals surface area contributed by atoms with E-state index in [1.165, 1.54) is 0 Å². The number of aliphatic hydroxyl groups is 2. The molecular weight excluding hydrogens is 360 g/mol. The summed E-state index contributed by atoms with van der Waals surface area (Å²) >= 11 is 0. The Morgan fingerprint density at radius 3 is 2.32 bits per heavy atom. The van der Waals surface area contributed by atoms with Crippen LogP contribution >= 0.6 is 0 Å². The van der Waals surface area contributed by atoms with Gasteiger partial charge in [0.1, 0.15) is 30.2 Å². The van der Waals surface area contributed by atoms with Crippen LogP contribution in [-0.4, -0.2) is 53.1 Å². The lowest BCUT2D eigenvalue weighted by atomic mass is 9.91. The van der Waals surface area contributed by atoms with Crippen molar-refractivity contribution in [2.24, 2.45) is 0 Å². The van der Waals surface area contributed by atoms with Crippen molar-refractivity contribution in [1.82, 2.24) is 0 Å². The molecule has 0 spiro atoms. The summed E-state index contributed by atoms with van der Waals surface area (Å²) in [5.74, 6) is -0.0549. The number of aliphatic hydroxyl groups excluding tert-OH is 2. The molecule has 0 bridgehead atoms. The number of benzene rings is 2. The molecule has 0 aromatic heterocycles. The molecule has 2 fully saturated rings. The Labute approximate surface area is 163 Å². The molecule has 0 amide bonds. The van der Waals surface area contributed by atoms with E-state index in [1.807, 2.05) is 60.7 Å². The topological polar surface area (TPSA) is 85.2 Å². The average Bonchev–Trinajstić information content (AvgIpc) is 2.73. The van der Waals surface area contributed by atoms with Crippen molar-refractivity contribution in [1.29, 1.82) is 0 Å². The van der Waals surface area contributed by atoms with Gasteiger partial charge in [-0.3, -0.25) is 4.79 Å². The van der Waals surface area contributed by atoms with E-state index >= 15 is 0 Å². The molecule has 2 saturated heterocycles. The first-order valence-electron chi connectivity index (χ1n) is 9.51. The van der Waals surface area contributed by atoms with Gasteiger partial charge in [-0.2, -0.15) is 0 Å². The summed E-state index contributed by atoms with van der Waals surface area (Å²) in [7, 11) is 0. The summed E-state index contributed by atoms with van der Waals surface area (Å²) in [5, 5.41) is 21.1. The van der Waals surface area contributed by atoms with Gasteiger partial charge in [0.15, 0.2) is 6.29 Å². The third-order valence-electron chi connectivity index (χ3n) is 5.22. The monoisotopic (exact) mass is 384 g/mol. The number of carbonyl (C=O) groups is 1. The standard InChI is InChI=1S/C22H24O6/c23-16(11-14-7-3-1-4-8-14)12-17-19(24)20(25)21-18(27-17)13-26-22(28-21)15-9-5-2-6-10-15/h1-10,17-22,24-25H,11-13H2/t17-,18+,19-,20+,21+,22+/m0/s1. The van der Waals surface area contributed by atoms with E-state index in [9.17, 15) is 15.0 Å². The van der Waals surface area contributed by atoms with Gasteiger partial charge in [0.25, 0.3) is 0 Å². The van der Waals surface area contributed by atoms with Crippen molar-refractivity contribution in [2.75, 3.05) is 6.61 Å². The highest BCUT2D eigenvalue weighted by Crippen LogP contribution is 2.34. The van der Waals surface area contributed by atoms with Gasteiger partial charge in [-0.15, -0.1) is 0 Å². The van der Waals surface area contributed by atoms with E-state index in [0.29, 0.717) is 0 Å². The Bertz CT molecular complexity index is 778. The zero-order valence-electron chi connectivity index (χ0n) is 15.4. The van der Waals surface area contributed by atoms with Crippen LogP contribution in [0.15, 0.2) is 60.7 Å². The summed E-state index contributed by atoms with van der Waals surface area (Å²) in [5.41, 5.74) is 1.74. The van der Waals surface area contributed by atoms with Crippen LogP contribution in [0, 0.1) is 0 Å². The minimum absolute atomic E-state index is 0.0262. The average molecular weight is 384 g/mol. The van der Waals surface area contributed by atoms with E-state index in [4.69, 9.17) is 14.2 Å². The van der Waals surface area contributed by atoms with Crippen LogP contribution in [0.4, 0.5) is 0 Å². The third-order valence-corrected chi connectivity index (χ3v) is 5.22. The maximum atomic E-state index is 12.4. The van der Waals surface area contributed by atoms with Crippen molar-refractivity contribution in [2.45, 2.75) is 49.7 Å². The minimum atomic E-state index is -1.20. The van der Waals surface area contributed by atoms with Crippen LogP contribution in [0.3, 0.4) is 0 Å². The maximum Gasteiger partial charge on any atom is 0.184 e. The predicted octanol–water partition coefficient (Wildman–Crippen LogP) is 1.79. The number of Topliss-reactive ketones (excluding diaryl/α,β-unsaturated/α-hetero) is 1. The summed E-state index contributed by atoms with van der Waals surface area (Å²) in [6.45, 7) is 0.220. The van der Waals surface area contributed by atoms with E-state index in [2.05, 4.69) is 0 Å². The lowest BCUT2D eigenvalue weighted by Crippen LogP contribution is -2.61. The molecule has 2 aromatic carbocycles. The molecular formula is C22H24O6. The third kappa shape index (κ3) is 4.16. The maximum absolute atomic E-state index is 12.4. The minimum Gasteiger partial charge on any atom is -0.388 e. The lowest BCUT2D eigenvalue weighted by Gasteiger charge is -2.46. The highest BCUT2D eigenvalue weighted by Gasteiger charge is 2.48. The van der Waals surface area contributed by atoms with Crippen molar-refractivity contribution in [3.63, 3.8) is 0 Å². The van der Waals surface area contributed by atoms with Crippen LogP contribution < -0.4 is 0 Å². The molecule has 6 nitrogen and oxygen atoms in total. The zero-order valence-corrected chi connectivity index (χ0v) is 15.4. The molecule has 6 heteroatoms. The molecule has 4 rings (SSSR count). The Kier molecular flexibility index (Phi) is 5.85. The normalized spacial score (nSPS) is 32.5. The summed E-state index contributed by atoms with van der Waals surface area (Å²) < 4.78 is 17.5. The highest BCUT2D eigenvalue weighted by molar-refractivity contribution is 5.81. The molecule has 2 aliphatic rings. The van der Waals surface area contributed by atoms with Crippen molar-refractivity contribution >= 4 is 5.78 Å². The van der Waals surface area contributed by atoms with E-state index in [-0.39, 0.29) is 25.2 Å². The SMILES string of the molecule is O=C(Cc1ccccc1)C[C@@H]1O[C@@H]2CO[C@@H](c3ccccc3)O[C@H]2[C@H](O)[C@H]1O. The second kappa shape index (κ2) is 8.51. The second-order valence-electron chi connectivity index (χ2n) is 7.28. The van der Waals surface area contributed by atoms with Gasteiger partial charge in [0.2, 0.25) is 0 Å². The molecule has 6 atom stereocenters. The largest absolute Gasteiger partial charge is 0.388 e. The summed E-state index contributed by atoms with van der Waals surface area (Å²) in [6, 6.07) is 18.8. The van der Waals surface area contributed by atoms with Crippen molar-refractivity contribution in [3.05, 3.63) is 71.8 Å². The fourth-order valence-electron chi connectivity index (χ4n) is 3.76. The van der Waals surface area contributed by atoms with E-state index in [0.717, 1.165) is 11.1 Å². The van der Waals surface area contributed by atoms with Crippen LogP contribution in [0.1, 0.15) is 23.8 Å². The summed E-state index contributed by atoms with van der Waals surface area (Å²) in [6.07, 6.45) is -4.71. The molecule has 28 heavy (non-hydrogen) atoms. The number of carbonyl (C=O) groups excluding carboxylic acids is 1. The number of hydrogen-bond acceptors (Lipinski definition) is 6. The second-order valence-corrected chi connectivity index (χ2v) is 7.28. The fourth-order valence-corrected chi connectivity index (χ4v) is 3.76. The summed E-state index contributed by atoms with van der Waals surface area (Å²) in [4.78, 5) is 12.4. The molecule has 0 saturated carbocycles. The molecule has 2 aliphatic heterocycles. The van der Waals surface area contributed by atoms with Gasteiger partial charge in [0.05, 0.1) is 12.7 Å². The quantitative estimate of drug-likeness (QED) is 0.818. The number of fused-ring (bicyclic) bond motifs is 1. The molecule has 2 N–H and O–H groups in total. The van der Waals surface area contributed by atoms with Crippen molar-refractivity contribution < 1.29 is 29.2 Å². The predicted molar refractivity (Wildman–Crippen MR) is 100 cm³/mol. The van der Waals surface area contributed by atoms with Gasteiger partial charge in [-0.1, -0.05) is 60.7 Å². The molecule has 0 unspecified atom stereocenters. The lowest BCUT2D eigenvalue weighted by molar-refractivity contribution is -0.328. The number of ether oxygens (including phenoxy) is 3. The fraction of sp³-hybridized carbons (Fsp3) is 0.409. The smallest absolute Gasteiger partial charge is 0.184 e. The highest BCUT2D eigenvalue weighted by atomic mass is 16.7. The van der Waals surface area contributed by atoms with Gasteiger partial charge in [-0.05, 0) is 5.56 Å². The number of rotatable bonds is 5. The van der Waals surface area contributed by atoms with E-state index in [1.54, 1.807) is 0 Å². The number of hydrogen-bond donors (Lipinski definition) is 2. The van der Waals surface area contributed by atoms with Crippen LogP contribution in [0.25, 0.3) is 0 Å². The Morgan fingerprint density at radius 2 is 1.61 bits per heavy atom. The first-order chi connectivity index (χ1) is 13.6. The van der Waals surface area contributed by atoms with Gasteiger partial charge < -0.3 is 24.4 Å². The number of ketones is 1. The first-order valence-corrected chi connectivity index (χ1v) is 9.51. The van der Waals surface area contributed by atoms with Crippen LogP contribution in [0.2, 0.25) is 0 Å². The molecule has 148 valence electrons. The Morgan fingerprint density at radius 1 is 0.929 bits per heavy atom. The van der Waals surface area contributed by atoms with Crippen LogP contribution in [-0.2, 0) is 25.4 Å². The molecule has 0 radical (unpaired) electrons. The van der Waals surface area contributed by atoms with Gasteiger partial charge >= 0.3 is 0 Å². The van der Waals surface area contributed by atoms with Gasteiger partial charge in [0, 0.05) is 18.4 Å². The zero-order chi connectivity index (χ0) is 19.5. The van der Waals surface area contributed by atoms with E-state index < -0.39 is 36.8 Å². The van der Waals surface area contributed by atoms with Gasteiger partial charge in [-0.25, -0.2) is 0 Å². The molecule has 2 aromatic rings. The molecule has 2 heterocycles. The van der Waals surface area contributed by atoms with Crippen LogP contribution in [0.5, 0.6) is 0 Å².